The van der Waals surface area contributed by atoms with Gasteiger partial charge in [0.05, 0.1) is 38.2 Å². The Morgan fingerprint density at radius 2 is 1.16 bits per heavy atom. The van der Waals surface area contributed by atoms with Crippen LogP contribution < -0.4 is 65.1 Å². The number of aromatic amines is 3. The number of unbranched alkanes of at least 4 members (excludes halogenated alkanes) is 2. The molecular weight excluding hydrogens is 1730 g/mol. The lowest BCUT2D eigenvalue weighted by Gasteiger charge is -2.36. The van der Waals surface area contributed by atoms with Crippen LogP contribution in [-0.4, -0.2) is 307 Å². The molecule has 2 aliphatic heterocycles. The van der Waals surface area contributed by atoms with E-state index in [2.05, 4.69) is 67.8 Å². The summed E-state index contributed by atoms with van der Waals surface area (Å²) in [4.78, 5) is 266. The zero-order valence-electron chi connectivity index (χ0n) is 75.7. The van der Waals surface area contributed by atoms with Gasteiger partial charge in [-0.15, -0.1) is 11.8 Å². The summed E-state index contributed by atoms with van der Waals surface area (Å²) in [6.07, 6.45) is 1.39. The number of primary amides is 2. The van der Waals surface area contributed by atoms with Crippen LogP contribution in [0.2, 0.25) is 0 Å². The number of rotatable bonds is 26. The highest BCUT2D eigenvalue weighted by Gasteiger charge is 2.45. The first-order chi connectivity index (χ1) is 62.9. The van der Waals surface area contributed by atoms with E-state index in [0.29, 0.717) is 69.9 Å². The van der Waals surface area contributed by atoms with Crippen molar-refractivity contribution in [2.45, 2.75) is 216 Å². The fraction of sp³-hybridized carbons (Fsp3) is 0.517. The van der Waals surface area contributed by atoms with Crippen molar-refractivity contribution in [3.63, 3.8) is 0 Å². The van der Waals surface area contributed by atoms with Crippen LogP contribution in [0.1, 0.15) is 134 Å². The Labute approximate surface area is 768 Å². The van der Waals surface area contributed by atoms with Crippen LogP contribution in [-0.2, 0) is 117 Å². The number of nitrogens with two attached hydrogens (primary N) is 3. The van der Waals surface area contributed by atoms with Crippen molar-refractivity contribution in [1.82, 2.24) is 92.3 Å². The summed E-state index contributed by atoms with van der Waals surface area (Å²) in [5.41, 5.74) is 19.8. The number of imidazole rings is 1. The molecule has 2 fully saturated rings. The van der Waals surface area contributed by atoms with E-state index >= 15 is 14.4 Å². The van der Waals surface area contributed by atoms with Crippen molar-refractivity contribution in [1.29, 1.82) is 5.41 Å². The van der Waals surface area contributed by atoms with Gasteiger partial charge in [0, 0.05) is 119 Å². The number of fused-ring (bicyclic) bond motifs is 3. The minimum atomic E-state index is -2.21. The summed E-state index contributed by atoms with van der Waals surface area (Å²) < 4.78 is 11.9. The molecule has 0 unspecified atom stereocenters. The third-order valence-corrected chi connectivity index (χ3v) is 23.9. The van der Waals surface area contributed by atoms with E-state index < -0.39 is 223 Å². The van der Waals surface area contributed by atoms with Gasteiger partial charge in [0.15, 0.2) is 12.1 Å². The van der Waals surface area contributed by atoms with Gasteiger partial charge in [0.1, 0.15) is 66.5 Å². The van der Waals surface area contributed by atoms with Crippen LogP contribution in [0, 0.1) is 11.3 Å². The third kappa shape index (κ3) is 30.0. The van der Waals surface area contributed by atoms with E-state index in [4.69, 9.17) is 32.1 Å². The first-order valence-electron chi connectivity index (χ1n) is 44.0. The molecule has 132 heavy (non-hydrogen) atoms. The zero-order chi connectivity index (χ0) is 96.6. The molecule has 5 heterocycles. The summed E-state index contributed by atoms with van der Waals surface area (Å²) in [5.74, 6) is -18.2. The van der Waals surface area contributed by atoms with Crippen LogP contribution in [0.25, 0.3) is 21.8 Å². The molecule has 13 atom stereocenters. The predicted molar refractivity (Wildman–Crippen MR) is 486 cm³/mol. The van der Waals surface area contributed by atoms with Crippen molar-refractivity contribution >= 4 is 140 Å². The number of esters is 2. The smallest absolute Gasteiger partial charge is 0.350 e. The highest BCUT2D eigenvalue weighted by Crippen LogP contribution is 2.27. The number of likely N-dealkylation sites (N-methyl/N-ethyl adjacent to an activating group) is 4. The summed E-state index contributed by atoms with van der Waals surface area (Å²) in [6, 6.07) is 5.80. The Kier molecular flexibility index (Phi) is 39.9. The van der Waals surface area contributed by atoms with Crippen LogP contribution in [0.15, 0.2) is 104 Å². The van der Waals surface area contributed by atoms with Gasteiger partial charge in [-0.1, -0.05) is 120 Å². The number of benzene rings is 3. The molecule has 0 bridgehead atoms. The number of ether oxygens (including phenoxy) is 2. The quantitative estimate of drug-likeness (QED) is 0.0130. The molecule has 2 aliphatic rings. The topological polar surface area (TPSA) is 616 Å². The molecule has 8 rings (SSSR count). The second-order valence-corrected chi connectivity index (χ2v) is 34.4. The second kappa shape index (κ2) is 50.6. The molecule has 0 spiro atoms. The lowest BCUT2D eigenvalue weighted by atomic mass is 10.0. The minimum Gasteiger partial charge on any atom is -0.449 e. The SMILES string of the molecule is CCCC[C@H]1C(=O)N(C)[C@@H](CCCC)C(=O)N[C@@H](CCCNC(=N)N)C(=O)N[C@H](C(=O)NCC(N)=O)CSCC(=O)N[C@@H](Cc2ccccc2)C(=O)N(C)[C@@H](C)C(=O)N[C@@H](CC(N)=O)C(=O)N2CCC[C@H]2C(=O)N[C@@H](Cc2cnc[nH]2)C(=O)N[C@@H](CC(C)C)C(=O)N(C)CC(=O)N[C@@H](Cc2c[nH]c3ccccc23)C(=O)O[C@@H](CO)C(=O)O[C@@H](Cc2c[nH]c3ccccc23)C(=O)N1C. The molecule has 0 saturated carbocycles. The Morgan fingerprint density at radius 3 is 1.77 bits per heavy atom. The van der Waals surface area contributed by atoms with Crippen molar-refractivity contribution < 1.29 is 96.1 Å². The maximum Gasteiger partial charge on any atom is 0.350 e. The second-order valence-electron chi connectivity index (χ2n) is 33.4. The minimum absolute atomic E-state index is 0.00711. The number of hydrogen-bond donors (Lipinski definition) is 17. The van der Waals surface area contributed by atoms with E-state index in [1.54, 1.807) is 105 Å². The first kappa shape index (κ1) is 104. The van der Waals surface area contributed by atoms with Gasteiger partial charge in [0.2, 0.25) is 88.8 Å². The van der Waals surface area contributed by atoms with E-state index in [0.717, 1.165) is 36.3 Å². The maximum atomic E-state index is 15.6. The fourth-order valence-corrected chi connectivity index (χ4v) is 16.4. The van der Waals surface area contributed by atoms with E-state index in [1.807, 2.05) is 13.8 Å². The molecule has 6 aromatic rings. The lowest BCUT2D eigenvalue weighted by Crippen LogP contribution is -2.60. The number of H-pyrrole nitrogens is 3. The first-order valence-corrected chi connectivity index (χ1v) is 45.2. The summed E-state index contributed by atoms with van der Waals surface area (Å²) in [7, 11) is 5.14. The molecule has 15 amide bonds. The number of nitrogens with one attached hydrogen (secondary N) is 13. The van der Waals surface area contributed by atoms with Crippen LogP contribution in [0.4, 0.5) is 0 Å². The number of carbonyl (C=O) groups excluding carboxylic acids is 17. The molecular formula is C89H124N22O20S. The molecule has 2 saturated heterocycles. The molecule has 43 heteroatoms. The number of aliphatic hydroxyl groups is 1. The molecule has 20 N–H and O–H groups in total. The Bertz CT molecular complexity index is 5050. The van der Waals surface area contributed by atoms with Crippen LogP contribution in [0.5, 0.6) is 0 Å². The van der Waals surface area contributed by atoms with Crippen molar-refractivity contribution in [3.8, 4) is 0 Å². The van der Waals surface area contributed by atoms with E-state index in [9.17, 15) is 72.2 Å². The summed E-state index contributed by atoms with van der Waals surface area (Å²) in [6.45, 7) is 5.64. The Balaban J connectivity index is 1.18. The number of cyclic esters (lactones) is 2. The number of aliphatic hydroxyl groups excluding tert-OH is 1. The maximum absolute atomic E-state index is 15.6. The predicted octanol–water partition coefficient (Wildman–Crippen LogP) is -1.28. The molecule has 716 valence electrons. The number of carbonyl (C=O) groups is 17. The highest BCUT2D eigenvalue weighted by atomic mass is 32.2. The van der Waals surface area contributed by atoms with Gasteiger partial charge in [-0.25, -0.2) is 14.6 Å². The van der Waals surface area contributed by atoms with Gasteiger partial charge < -0.3 is 119 Å². The largest absolute Gasteiger partial charge is 0.449 e. The van der Waals surface area contributed by atoms with Crippen molar-refractivity contribution in [2.75, 3.05) is 72.5 Å². The van der Waals surface area contributed by atoms with Gasteiger partial charge in [0.25, 0.3) is 5.91 Å². The van der Waals surface area contributed by atoms with Crippen LogP contribution in [0.3, 0.4) is 0 Å². The third-order valence-electron chi connectivity index (χ3n) is 22.9. The van der Waals surface area contributed by atoms with Crippen LogP contribution >= 0.6 is 11.8 Å². The molecule has 0 radical (unpaired) electrons. The Hall–Kier alpha value is -13.5. The molecule has 3 aromatic carbocycles. The number of para-hydroxylation sites is 2. The van der Waals surface area contributed by atoms with Gasteiger partial charge >= 0.3 is 11.9 Å². The number of guanidine groups is 1. The number of hydrogen-bond acceptors (Lipinski definition) is 23. The van der Waals surface area contributed by atoms with Gasteiger partial charge in [-0.2, -0.15) is 0 Å². The monoisotopic (exact) mass is 1850 g/mol. The van der Waals surface area contributed by atoms with Gasteiger partial charge in [-0.3, -0.25) is 77.3 Å². The number of amides is 15. The van der Waals surface area contributed by atoms with Crippen molar-refractivity contribution in [3.05, 3.63) is 126 Å². The van der Waals surface area contributed by atoms with Crippen molar-refractivity contribution in [2.24, 2.45) is 23.1 Å². The molecule has 3 aromatic heterocycles. The average Bonchev–Trinajstić information content (AvgIpc) is 1.48. The number of thioether (sulfide) groups is 1. The lowest BCUT2D eigenvalue weighted by molar-refractivity contribution is -0.179. The number of nitrogens with zero attached hydrogens (tertiary/aromatic N) is 6. The highest BCUT2D eigenvalue weighted by molar-refractivity contribution is 8.00. The fourth-order valence-electron chi connectivity index (χ4n) is 15.6. The Morgan fingerprint density at radius 1 is 0.568 bits per heavy atom. The summed E-state index contributed by atoms with van der Waals surface area (Å²) >= 11 is 0.788. The number of aromatic nitrogens is 4. The molecule has 0 aliphatic carbocycles. The van der Waals surface area contributed by atoms with E-state index in [1.165, 1.54) is 47.6 Å². The molecule has 42 nitrogen and oxygen atoms in total. The standard InChI is InChI=1S/C89H124N22O20S/c1-10-12-30-67-80(121)102-60(29-21-33-95-89(92)93)78(119)106-66(77(118)98-44-73(91)114)47-132-48-75(116)100-63(36-52-23-15-14-16-24-52)83(124)108(7)51(5)76(117)104-64(40-72(90)113)84(125)111-34-22-32-68(111)81(122)103-61(39-55-43-94-49-99-55)79(120)105-62(35-50(3)4)82(123)107(6)45-74(115)101-65(37-53-41-96-58-27-19-17-25-56(53)58)87(128)131-71(46-112)88(129)130-70(38-54-42-97-59-28-20-18-26-57(54)59)86(127)110(9)69(31-13-11-2)85(126)109(67)8/h14-20,23-28,41-43,49-51,60-71,96-97,112H,10-13,21-22,29-40,44-48H2,1-9H3,(H2,90,113)(H2,91,114)(H,94,99)(H,98,118)(H,100,116)(H,101,115)(H,102,121)(H,103,122)(H,104,117)(H,105,120)(H,106,119)(H4,92,93,95)/t51-,60-,61-,62-,63-,64-,65-,66-,67-,68-,69-,70-,71-/m0/s1. The average molecular weight is 1850 g/mol. The zero-order valence-corrected chi connectivity index (χ0v) is 76.5. The normalized spacial score (nSPS) is 23.5. The van der Waals surface area contributed by atoms with E-state index in [-0.39, 0.29) is 89.6 Å². The summed E-state index contributed by atoms with van der Waals surface area (Å²) in [5, 5.41) is 43.8. The van der Waals surface area contributed by atoms with Gasteiger partial charge in [-0.05, 0) is 86.6 Å².